The Morgan fingerprint density at radius 3 is 0.864 bits per heavy atom. The highest BCUT2D eigenvalue weighted by Crippen LogP contribution is 2.54. The molecule has 59 heavy (non-hydrogen) atoms. The zero-order valence-electron chi connectivity index (χ0n) is 32.6. The Morgan fingerprint density at radius 2 is 0.576 bits per heavy atom. The summed E-state index contributed by atoms with van der Waals surface area (Å²) >= 11 is 0. The molecule has 0 atom stereocenters. The summed E-state index contributed by atoms with van der Waals surface area (Å²) in [6.07, 6.45) is 0. The second kappa shape index (κ2) is 16.1. The molecule has 0 aliphatic heterocycles. The second-order valence-electron chi connectivity index (χ2n) is 14.6. The molecule has 0 spiro atoms. The van der Waals surface area contributed by atoms with Crippen molar-refractivity contribution in [3.63, 3.8) is 0 Å². The zero-order valence-corrected chi connectivity index (χ0v) is 34.3. The zero-order chi connectivity index (χ0) is 41.1. The fraction of sp³-hybridized carbons (Fsp3) is 0.0769. The van der Waals surface area contributed by atoms with Crippen molar-refractivity contribution in [3.8, 4) is 0 Å². The van der Waals surface area contributed by atoms with Gasteiger partial charge in [-0.05, 0) is 72.5 Å². The molecule has 7 heteroatoms. The SMILES string of the molecule is Cc1ccc(S(=O)(=O)c2ccccc2C(OC(c2ccccc2)(c2ccccc2)c2ccccc2S(=O)(=O)c2ccc(C)cc2)(c2ccccc2)c2ccccc2)cc1. The monoisotopic (exact) mass is 810 g/mol. The van der Waals surface area contributed by atoms with E-state index in [1.54, 1.807) is 84.9 Å². The molecule has 5 nitrogen and oxygen atoms in total. The predicted molar refractivity (Wildman–Crippen MR) is 233 cm³/mol. The van der Waals surface area contributed by atoms with Crippen LogP contribution in [0.1, 0.15) is 44.5 Å². The highest BCUT2D eigenvalue weighted by molar-refractivity contribution is 7.91. The van der Waals surface area contributed by atoms with Crippen LogP contribution in [-0.2, 0) is 35.6 Å². The molecule has 8 rings (SSSR count). The van der Waals surface area contributed by atoms with Crippen molar-refractivity contribution in [2.75, 3.05) is 0 Å². The molecule has 0 saturated heterocycles. The van der Waals surface area contributed by atoms with Gasteiger partial charge >= 0.3 is 0 Å². The summed E-state index contributed by atoms with van der Waals surface area (Å²) < 4.78 is 68.5. The van der Waals surface area contributed by atoms with Gasteiger partial charge in [0.15, 0.2) is 0 Å². The van der Waals surface area contributed by atoms with E-state index in [0.717, 1.165) is 11.1 Å². The topological polar surface area (TPSA) is 77.5 Å². The van der Waals surface area contributed by atoms with E-state index in [9.17, 15) is 0 Å². The number of ether oxygens (including phenoxy) is 1. The second-order valence-corrected chi connectivity index (χ2v) is 18.4. The van der Waals surface area contributed by atoms with Crippen molar-refractivity contribution in [1.29, 1.82) is 0 Å². The number of hydrogen-bond acceptors (Lipinski definition) is 5. The molecule has 0 radical (unpaired) electrons. The fourth-order valence-electron chi connectivity index (χ4n) is 7.89. The molecule has 8 aromatic carbocycles. The van der Waals surface area contributed by atoms with Gasteiger partial charge in [0.25, 0.3) is 0 Å². The van der Waals surface area contributed by atoms with Crippen LogP contribution in [0.2, 0.25) is 0 Å². The van der Waals surface area contributed by atoms with E-state index in [0.29, 0.717) is 33.4 Å². The van der Waals surface area contributed by atoms with Crippen molar-refractivity contribution < 1.29 is 21.6 Å². The van der Waals surface area contributed by atoms with Gasteiger partial charge in [0.05, 0.1) is 19.6 Å². The van der Waals surface area contributed by atoms with E-state index in [2.05, 4.69) is 0 Å². The van der Waals surface area contributed by atoms with E-state index in [1.807, 2.05) is 147 Å². The van der Waals surface area contributed by atoms with Gasteiger partial charge in [-0.25, -0.2) is 16.8 Å². The van der Waals surface area contributed by atoms with Crippen LogP contribution in [0.5, 0.6) is 0 Å². The number of hydrogen-bond donors (Lipinski definition) is 0. The Hall–Kier alpha value is -6.38. The van der Waals surface area contributed by atoms with Crippen molar-refractivity contribution >= 4 is 19.7 Å². The van der Waals surface area contributed by atoms with E-state index < -0.39 is 30.9 Å². The molecule has 0 saturated carbocycles. The minimum atomic E-state index is -4.18. The van der Waals surface area contributed by atoms with E-state index in [-0.39, 0.29) is 19.6 Å². The average molecular weight is 811 g/mol. The molecule has 0 aliphatic rings. The first-order valence-electron chi connectivity index (χ1n) is 19.3. The highest BCUT2D eigenvalue weighted by atomic mass is 32.2. The van der Waals surface area contributed by atoms with Crippen LogP contribution < -0.4 is 0 Å². The smallest absolute Gasteiger partial charge is 0.206 e. The van der Waals surface area contributed by atoms with Gasteiger partial charge in [0, 0.05) is 11.1 Å². The lowest BCUT2D eigenvalue weighted by molar-refractivity contribution is -0.0837. The van der Waals surface area contributed by atoms with Gasteiger partial charge in [-0.1, -0.05) is 193 Å². The number of sulfone groups is 2. The van der Waals surface area contributed by atoms with Gasteiger partial charge in [0.2, 0.25) is 19.7 Å². The molecule has 292 valence electrons. The van der Waals surface area contributed by atoms with Crippen LogP contribution in [-0.4, -0.2) is 16.8 Å². The maximum Gasteiger partial charge on any atom is 0.206 e. The fourth-order valence-corrected chi connectivity index (χ4v) is 10.9. The molecule has 0 aromatic heterocycles. The lowest BCUT2D eigenvalue weighted by Crippen LogP contribution is -2.45. The molecule has 8 aromatic rings. The largest absolute Gasteiger partial charge is 0.340 e. The van der Waals surface area contributed by atoms with Crippen LogP contribution in [0.4, 0.5) is 0 Å². The minimum absolute atomic E-state index is 0.0483. The van der Waals surface area contributed by atoms with Crippen molar-refractivity contribution in [1.82, 2.24) is 0 Å². The average Bonchev–Trinajstić information content (AvgIpc) is 3.28. The summed E-state index contributed by atoms with van der Waals surface area (Å²) in [6, 6.07) is 65.8. The van der Waals surface area contributed by atoms with Crippen molar-refractivity contribution in [2.45, 2.75) is 44.6 Å². The Kier molecular flexibility index (Phi) is 10.8. The molecule has 0 aliphatic carbocycles. The quantitative estimate of drug-likeness (QED) is 0.115. The third-order valence-corrected chi connectivity index (χ3v) is 14.5. The molecule has 0 amide bonds. The van der Waals surface area contributed by atoms with E-state index in [4.69, 9.17) is 4.74 Å². The Balaban J connectivity index is 1.55. The van der Waals surface area contributed by atoms with Gasteiger partial charge in [0.1, 0.15) is 11.2 Å². The maximum absolute atomic E-state index is 15.1. The number of aryl methyl sites for hydroxylation is 2. The molecule has 0 bridgehead atoms. The first kappa shape index (κ1) is 39.4. The summed E-state index contributed by atoms with van der Waals surface area (Å²) in [5.41, 5.74) is 1.69. The third kappa shape index (κ3) is 7.12. The third-order valence-electron chi connectivity index (χ3n) is 10.8. The predicted octanol–water partition coefficient (Wildman–Crippen LogP) is 11.3. The van der Waals surface area contributed by atoms with Gasteiger partial charge in [-0.2, -0.15) is 0 Å². The molecule has 0 unspecified atom stereocenters. The van der Waals surface area contributed by atoms with Crippen LogP contribution >= 0.6 is 0 Å². The van der Waals surface area contributed by atoms with Crippen molar-refractivity contribution in [2.24, 2.45) is 0 Å². The summed E-state index contributed by atoms with van der Waals surface area (Å²) in [5, 5.41) is 0. The van der Waals surface area contributed by atoms with E-state index >= 15 is 16.8 Å². The van der Waals surface area contributed by atoms with Gasteiger partial charge in [-0.15, -0.1) is 0 Å². The van der Waals surface area contributed by atoms with Crippen LogP contribution in [0.25, 0.3) is 0 Å². The Labute approximate surface area is 347 Å². The molecular formula is C52H42O5S2. The molecular weight excluding hydrogens is 769 g/mol. The van der Waals surface area contributed by atoms with Gasteiger partial charge in [-0.3, -0.25) is 0 Å². The Morgan fingerprint density at radius 1 is 0.322 bits per heavy atom. The maximum atomic E-state index is 15.1. The van der Waals surface area contributed by atoms with Crippen LogP contribution in [0.3, 0.4) is 0 Å². The Bertz CT molecular complexity index is 2630. The summed E-state index contributed by atoms with van der Waals surface area (Å²) in [7, 11) is -8.36. The summed E-state index contributed by atoms with van der Waals surface area (Å²) in [4.78, 5) is 0.370. The van der Waals surface area contributed by atoms with Crippen molar-refractivity contribution in [3.05, 3.63) is 263 Å². The van der Waals surface area contributed by atoms with Crippen LogP contribution in [0.15, 0.2) is 238 Å². The number of benzene rings is 8. The lowest BCUT2D eigenvalue weighted by Gasteiger charge is -2.47. The highest BCUT2D eigenvalue weighted by Gasteiger charge is 2.52. The first-order chi connectivity index (χ1) is 28.6. The summed E-state index contributed by atoms with van der Waals surface area (Å²) in [6.45, 7) is 3.83. The minimum Gasteiger partial charge on any atom is -0.340 e. The molecule has 0 heterocycles. The normalized spacial score (nSPS) is 12.2. The summed E-state index contributed by atoms with van der Waals surface area (Å²) in [5.74, 6) is 0. The van der Waals surface area contributed by atoms with Gasteiger partial charge < -0.3 is 4.74 Å². The molecule has 0 N–H and O–H groups in total. The lowest BCUT2D eigenvalue weighted by atomic mass is 9.75. The van der Waals surface area contributed by atoms with Crippen LogP contribution in [0, 0.1) is 13.8 Å². The first-order valence-corrected chi connectivity index (χ1v) is 22.3. The standard InChI is InChI=1S/C52H42O5S2/c1-39-31-35-45(36-32-39)58(53,54)49-29-17-15-27-47(49)51(41-19-7-3-8-20-41,42-21-9-4-10-22-42)57-52(43-23-11-5-12-24-43,44-25-13-6-14-26-44)48-28-16-18-30-50(48)59(55,56)46-37-33-40(2)34-38-46/h3-38H,1-2H3. The molecule has 0 fully saturated rings. The van der Waals surface area contributed by atoms with E-state index in [1.165, 1.54) is 0 Å². The number of rotatable bonds is 12.